The molecule has 0 bridgehead atoms. The number of aromatic nitrogens is 3. The topological polar surface area (TPSA) is 83.8 Å². The molecule has 102 valence electrons. The van der Waals surface area contributed by atoms with Crippen molar-refractivity contribution in [2.75, 3.05) is 5.32 Å². The number of carbonyl (C=O) groups is 1. The van der Waals surface area contributed by atoms with E-state index in [1.165, 1.54) is 11.3 Å². The predicted molar refractivity (Wildman–Crippen MR) is 75.8 cm³/mol. The fourth-order valence-corrected chi connectivity index (χ4v) is 2.65. The van der Waals surface area contributed by atoms with E-state index in [1.54, 1.807) is 18.4 Å². The van der Waals surface area contributed by atoms with Gasteiger partial charge in [-0.15, -0.1) is 11.3 Å². The Bertz CT molecular complexity index is 742. The van der Waals surface area contributed by atoms with Crippen LogP contribution in [-0.4, -0.2) is 21.1 Å². The van der Waals surface area contributed by atoms with E-state index >= 15 is 0 Å². The lowest BCUT2D eigenvalue weighted by atomic mass is 10.3. The van der Waals surface area contributed by atoms with E-state index in [-0.39, 0.29) is 5.91 Å². The average molecular weight is 288 g/mol. The van der Waals surface area contributed by atoms with Gasteiger partial charge in [-0.05, 0) is 26.0 Å². The number of nitrogens with one attached hydrogen (secondary N) is 2. The second kappa shape index (κ2) is 4.93. The number of aromatic amines is 1. The van der Waals surface area contributed by atoms with Gasteiger partial charge in [0.15, 0.2) is 16.6 Å². The monoisotopic (exact) mass is 288 g/mol. The number of furan rings is 1. The van der Waals surface area contributed by atoms with Gasteiger partial charge >= 0.3 is 0 Å². The molecule has 20 heavy (non-hydrogen) atoms. The molecular formula is C13H12N4O2S. The quantitative estimate of drug-likeness (QED) is 0.776. The summed E-state index contributed by atoms with van der Waals surface area (Å²) >= 11 is 1.42. The molecule has 3 rings (SSSR count). The van der Waals surface area contributed by atoms with Crippen LogP contribution in [0, 0.1) is 13.8 Å². The maximum absolute atomic E-state index is 12.2. The summed E-state index contributed by atoms with van der Waals surface area (Å²) in [5.41, 5.74) is 1.27. The highest BCUT2D eigenvalue weighted by Crippen LogP contribution is 2.28. The van der Waals surface area contributed by atoms with Gasteiger partial charge in [0.25, 0.3) is 5.91 Å². The van der Waals surface area contributed by atoms with Crippen molar-refractivity contribution >= 4 is 23.1 Å². The van der Waals surface area contributed by atoms with Crippen LogP contribution in [0.15, 0.2) is 28.9 Å². The number of hydrogen-bond acceptors (Lipinski definition) is 5. The normalized spacial score (nSPS) is 10.7. The van der Waals surface area contributed by atoms with Crippen molar-refractivity contribution < 1.29 is 9.21 Å². The van der Waals surface area contributed by atoms with E-state index in [1.807, 2.05) is 19.9 Å². The Labute approximate surface area is 118 Å². The van der Waals surface area contributed by atoms with E-state index < -0.39 is 0 Å². The maximum Gasteiger partial charge on any atom is 0.276 e. The molecule has 7 heteroatoms. The lowest BCUT2D eigenvalue weighted by molar-refractivity contribution is 0.102. The van der Waals surface area contributed by atoms with E-state index in [0.29, 0.717) is 22.3 Å². The Hall–Kier alpha value is -2.41. The molecule has 1 amide bonds. The Balaban J connectivity index is 1.85. The minimum atomic E-state index is -0.275. The third kappa shape index (κ3) is 2.35. The first-order valence-electron chi connectivity index (χ1n) is 5.98. The molecule has 2 N–H and O–H groups in total. The minimum Gasteiger partial charge on any atom is -0.462 e. The lowest BCUT2D eigenvalue weighted by Gasteiger charge is -1.98. The van der Waals surface area contributed by atoms with Crippen LogP contribution in [-0.2, 0) is 0 Å². The Morgan fingerprint density at radius 3 is 2.95 bits per heavy atom. The Morgan fingerprint density at radius 1 is 1.45 bits per heavy atom. The summed E-state index contributed by atoms with van der Waals surface area (Å²) in [5, 5.41) is 10.1. The highest BCUT2D eigenvalue weighted by molar-refractivity contribution is 7.15. The molecule has 0 aliphatic heterocycles. The number of nitrogens with zero attached hydrogens (tertiary/aromatic N) is 2. The number of H-pyrrole nitrogens is 1. The molecule has 0 aliphatic carbocycles. The van der Waals surface area contributed by atoms with Crippen LogP contribution in [0.1, 0.15) is 21.1 Å². The van der Waals surface area contributed by atoms with E-state index in [4.69, 9.17) is 4.42 Å². The number of carbonyl (C=O) groups excluding carboxylic acids is 1. The lowest BCUT2D eigenvalue weighted by Crippen LogP contribution is -2.13. The van der Waals surface area contributed by atoms with Crippen LogP contribution in [0.3, 0.4) is 0 Å². The van der Waals surface area contributed by atoms with Crippen molar-refractivity contribution in [1.82, 2.24) is 15.2 Å². The average Bonchev–Trinajstić information content (AvgIpc) is 3.09. The van der Waals surface area contributed by atoms with E-state index in [9.17, 15) is 4.79 Å². The maximum atomic E-state index is 12.2. The molecule has 3 heterocycles. The van der Waals surface area contributed by atoms with Gasteiger partial charge in [0, 0.05) is 16.6 Å². The van der Waals surface area contributed by atoms with Crippen LogP contribution >= 0.6 is 11.3 Å². The van der Waals surface area contributed by atoms with Gasteiger partial charge in [-0.3, -0.25) is 9.89 Å². The fraction of sp³-hybridized carbons (Fsp3) is 0.154. The van der Waals surface area contributed by atoms with Crippen LogP contribution < -0.4 is 5.32 Å². The summed E-state index contributed by atoms with van der Waals surface area (Å²) in [6.07, 6.45) is 1.58. The zero-order valence-electron chi connectivity index (χ0n) is 10.9. The van der Waals surface area contributed by atoms with Crippen LogP contribution in [0.25, 0.3) is 10.8 Å². The molecule has 0 aliphatic rings. The van der Waals surface area contributed by atoms with E-state index in [2.05, 4.69) is 20.5 Å². The minimum absolute atomic E-state index is 0.275. The van der Waals surface area contributed by atoms with Crippen LogP contribution in [0.2, 0.25) is 0 Å². The molecule has 0 unspecified atom stereocenters. The molecule has 0 fully saturated rings. The number of thiazole rings is 1. The molecule has 0 saturated heterocycles. The third-order valence-electron chi connectivity index (χ3n) is 2.69. The van der Waals surface area contributed by atoms with Crippen LogP contribution in [0.5, 0.6) is 0 Å². The molecule has 3 aromatic rings. The molecule has 0 spiro atoms. The summed E-state index contributed by atoms with van der Waals surface area (Å²) in [7, 11) is 0. The third-order valence-corrected chi connectivity index (χ3v) is 3.68. The van der Waals surface area contributed by atoms with Gasteiger partial charge in [-0.1, -0.05) is 0 Å². The second-order valence-corrected chi connectivity index (χ2v) is 5.49. The zero-order valence-corrected chi connectivity index (χ0v) is 11.7. The van der Waals surface area contributed by atoms with Gasteiger partial charge in [-0.2, -0.15) is 5.10 Å². The molecule has 3 aromatic heterocycles. The number of amides is 1. The molecule has 0 radical (unpaired) electrons. The predicted octanol–water partition coefficient (Wildman–Crippen LogP) is 3.00. The number of rotatable bonds is 3. The summed E-state index contributed by atoms with van der Waals surface area (Å²) < 4.78 is 5.29. The molecule has 6 nitrogen and oxygen atoms in total. The van der Waals surface area contributed by atoms with Gasteiger partial charge in [0.1, 0.15) is 5.69 Å². The standard InChI is InChI=1S/C13H12N4O2S/c1-7-6-10(17-16-7)14-12(18)11-8(2)20-13(15-11)9-4-3-5-19-9/h3-6H,1-2H3,(H2,14,16,17,18). The first-order chi connectivity index (χ1) is 9.63. The molecule has 0 saturated carbocycles. The number of aryl methyl sites for hydroxylation is 2. The van der Waals surface area contributed by atoms with Crippen molar-refractivity contribution in [3.63, 3.8) is 0 Å². The first-order valence-corrected chi connectivity index (χ1v) is 6.80. The van der Waals surface area contributed by atoms with Gasteiger partial charge < -0.3 is 9.73 Å². The van der Waals surface area contributed by atoms with Crippen molar-refractivity contribution in [3.8, 4) is 10.8 Å². The van der Waals surface area contributed by atoms with Crippen molar-refractivity contribution in [2.45, 2.75) is 13.8 Å². The van der Waals surface area contributed by atoms with Crippen molar-refractivity contribution in [1.29, 1.82) is 0 Å². The number of hydrogen-bond donors (Lipinski definition) is 2. The van der Waals surface area contributed by atoms with Crippen LogP contribution in [0.4, 0.5) is 5.82 Å². The number of anilines is 1. The molecule has 0 atom stereocenters. The highest BCUT2D eigenvalue weighted by atomic mass is 32.1. The first kappa shape index (κ1) is 12.6. The Morgan fingerprint density at radius 2 is 2.30 bits per heavy atom. The summed E-state index contributed by atoms with van der Waals surface area (Å²) in [5.74, 6) is 0.871. The van der Waals surface area contributed by atoms with Crippen molar-refractivity contribution in [2.24, 2.45) is 0 Å². The SMILES string of the molecule is Cc1cc(NC(=O)c2nc(-c3ccco3)sc2C)n[nH]1. The summed E-state index contributed by atoms with van der Waals surface area (Å²) in [6.45, 7) is 3.72. The largest absolute Gasteiger partial charge is 0.462 e. The van der Waals surface area contributed by atoms with Crippen molar-refractivity contribution in [3.05, 3.63) is 40.7 Å². The summed E-state index contributed by atoms with van der Waals surface area (Å²) in [6, 6.07) is 5.36. The highest BCUT2D eigenvalue weighted by Gasteiger charge is 2.18. The molecule has 0 aromatic carbocycles. The fourth-order valence-electron chi connectivity index (χ4n) is 1.77. The van der Waals surface area contributed by atoms with Gasteiger partial charge in [0.2, 0.25) is 0 Å². The Kier molecular flexibility index (Phi) is 3.11. The second-order valence-electron chi connectivity index (χ2n) is 4.29. The summed E-state index contributed by atoms with van der Waals surface area (Å²) in [4.78, 5) is 17.3. The smallest absolute Gasteiger partial charge is 0.276 e. The van der Waals surface area contributed by atoms with Gasteiger partial charge in [-0.25, -0.2) is 4.98 Å². The zero-order chi connectivity index (χ0) is 14.1. The van der Waals surface area contributed by atoms with E-state index in [0.717, 1.165) is 10.6 Å². The molecular weight excluding hydrogens is 276 g/mol. The van der Waals surface area contributed by atoms with Gasteiger partial charge in [0.05, 0.1) is 6.26 Å².